The summed E-state index contributed by atoms with van der Waals surface area (Å²) in [6.07, 6.45) is 44.9. The highest BCUT2D eigenvalue weighted by atomic mass is 32.2. The van der Waals surface area contributed by atoms with E-state index < -0.39 is 28.0 Å². The molecule has 0 saturated carbocycles. The van der Waals surface area contributed by atoms with E-state index >= 15 is 0 Å². The van der Waals surface area contributed by atoms with Crippen LogP contribution in [0.4, 0.5) is 0 Å². The normalized spacial score (nSPS) is 14.1. The maximum absolute atomic E-state index is 12.5. The van der Waals surface area contributed by atoms with Gasteiger partial charge in [-0.05, 0) is 64.2 Å². The zero-order valence-electron chi connectivity index (χ0n) is 29.4. The van der Waals surface area contributed by atoms with Gasteiger partial charge >= 0.3 is 0 Å². The molecule has 266 valence electrons. The fourth-order valence-corrected chi connectivity index (χ4v) is 5.92. The van der Waals surface area contributed by atoms with Gasteiger partial charge in [-0.25, -0.2) is 0 Å². The van der Waals surface area contributed by atoms with Crippen molar-refractivity contribution >= 4 is 16.0 Å². The highest BCUT2D eigenvalue weighted by Gasteiger charge is 2.24. The van der Waals surface area contributed by atoms with Crippen LogP contribution in [0.5, 0.6) is 0 Å². The van der Waals surface area contributed by atoms with Gasteiger partial charge in [-0.15, -0.1) is 0 Å². The second-order valence-corrected chi connectivity index (χ2v) is 14.0. The first-order valence-corrected chi connectivity index (χ1v) is 20.1. The lowest BCUT2D eigenvalue weighted by Crippen LogP contribution is -2.46. The van der Waals surface area contributed by atoms with E-state index in [1.165, 1.54) is 70.3 Å². The molecule has 0 aromatic rings. The zero-order chi connectivity index (χ0) is 34.0. The summed E-state index contributed by atoms with van der Waals surface area (Å²) >= 11 is 0. The van der Waals surface area contributed by atoms with Crippen LogP contribution in [0.1, 0.15) is 162 Å². The molecule has 46 heavy (non-hydrogen) atoms. The molecule has 3 N–H and O–H groups in total. The molecule has 0 fully saturated rings. The molecule has 7 heteroatoms. The fourth-order valence-electron chi connectivity index (χ4n) is 5.18. The standard InChI is InChI=1S/C39H69NO5S/c1-3-5-7-9-11-13-15-17-19-21-22-24-26-28-30-32-34-38(41)37(36-46(43,44)45)40-39(42)35-33-31-29-27-25-23-20-18-16-14-12-10-8-6-4-2/h6,8,12,14,18,20,24,26,32,34,37-38,41H,3-5,7,9-11,13,15-17,19,21-23,25,27-31,33,35-36H2,1-2H3,(H,40,42)(H,43,44,45)/b8-6-,14-12-,20-18-,26-24+,34-32+. The van der Waals surface area contributed by atoms with Gasteiger partial charge in [0.2, 0.25) is 5.91 Å². The second kappa shape index (κ2) is 33.0. The van der Waals surface area contributed by atoms with E-state index in [4.69, 9.17) is 0 Å². The highest BCUT2D eigenvalue weighted by molar-refractivity contribution is 7.85. The SMILES string of the molecule is CC/C=C\C/C=C\C/C=C\CCCCCCCC(=O)NC(CS(=O)(=O)O)C(O)/C=C/CC/C=C/CCCCCCCCCCCC. The monoisotopic (exact) mass is 663 g/mol. The van der Waals surface area contributed by atoms with Crippen LogP contribution < -0.4 is 5.32 Å². The first-order valence-electron chi connectivity index (χ1n) is 18.5. The van der Waals surface area contributed by atoms with Gasteiger partial charge in [-0.2, -0.15) is 8.42 Å². The van der Waals surface area contributed by atoms with Gasteiger partial charge < -0.3 is 10.4 Å². The van der Waals surface area contributed by atoms with Crippen LogP contribution >= 0.6 is 0 Å². The van der Waals surface area contributed by atoms with Crippen LogP contribution in [-0.2, 0) is 14.9 Å². The quantitative estimate of drug-likeness (QED) is 0.0377. The van der Waals surface area contributed by atoms with Gasteiger partial charge in [0.15, 0.2) is 0 Å². The van der Waals surface area contributed by atoms with E-state index in [-0.39, 0.29) is 12.3 Å². The lowest BCUT2D eigenvalue weighted by Gasteiger charge is -2.21. The number of rotatable bonds is 32. The van der Waals surface area contributed by atoms with Crippen molar-refractivity contribution < 1.29 is 22.9 Å². The van der Waals surface area contributed by atoms with Gasteiger partial charge in [0.1, 0.15) is 0 Å². The summed E-state index contributed by atoms with van der Waals surface area (Å²) in [6, 6.07) is -1.08. The Morgan fingerprint density at radius 3 is 1.63 bits per heavy atom. The smallest absolute Gasteiger partial charge is 0.267 e. The molecule has 0 bridgehead atoms. The van der Waals surface area contributed by atoms with Gasteiger partial charge in [0, 0.05) is 6.42 Å². The zero-order valence-corrected chi connectivity index (χ0v) is 30.2. The molecular formula is C39H69NO5S. The lowest BCUT2D eigenvalue weighted by atomic mass is 10.1. The number of unbranched alkanes of at least 4 members (excludes halogenated alkanes) is 16. The van der Waals surface area contributed by atoms with Crippen molar-refractivity contribution in [3.8, 4) is 0 Å². The summed E-state index contributed by atoms with van der Waals surface area (Å²) in [5.41, 5.74) is 0. The summed E-state index contributed by atoms with van der Waals surface area (Å²) in [6.45, 7) is 4.39. The van der Waals surface area contributed by atoms with Gasteiger partial charge in [0.05, 0.1) is 17.9 Å². The van der Waals surface area contributed by atoms with Crippen LogP contribution in [0, 0.1) is 0 Å². The molecule has 2 unspecified atom stereocenters. The van der Waals surface area contributed by atoms with Crippen molar-refractivity contribution in [2.45, 2.75) is 174 Å². The Labute approximate surface area is 283 Å². The Hall–Kier alpha value is -1.96. The molecule has 0 heterocycles. The third kappa shape index (κ3) is 33.4. The molecule has 0 aromatic carbocycles. The average molecular weight is 664 g/mol. The van der Waals surface area contributed by atoms with E-state index in [2.05, 4.69) is 67.8 Å². The summed E-state index contributed by atoms with van der Waals surface area (Å²) < 4.78 is 32.4. The maximum atomic E-state index is 12.5. The Bertz CT molecular complexity index is 951. The molecule has 0 radical (unpaired) electrons. The number of aliphatic hydroxyl groups is 1. The molecule has 1 amide bonds. The van der Waals surface area contributed by atoms with Gasteiger partial charge in [-0.1, -0.05) is 152 Å². The summed E-state index contributed by atoms with van der Waals surface area (Å²) in [4.78, 5) is 12.5. The van der Waals surface area contributed by atoms with Gasteiger partial charge in [0.25, 0.3) is 10.1 Å². The number of carbonyl (C=O) groups excluding carboxylic acids is 1. The topological polar surface area (TPSA) is 104 Å². The molecule has 0 spiro atoms. The van der Waals surface area contributed by atoms with E-state index in [9.17, 15) is 22.9 Å². The van der Waals surface area contributed by atoms with Crippen molar-refractivity contribution in [2.75, 3.05) is 5.75 Å². The average Bonchev–Trinajstić information content (AvgIpc) is 3.01. The number of nitrogens with one attached hydrogen (secondary N) is 1. The van der Waals surface area contributed by atoms with Crippen molar-refractivity contribution in [2.24, 2.45) is 0 Å². The second-order valence-electron chi connectivity index (χ2n) is 12.5. The van der Waals surface area contributed by atoms with Crippen molar-refractivity contribution in [1.82, 2.24) is 5.32 Å². The van der Waals surface area contributed by atoms with Crippen molar-refractivity contribution in [3.63, 3.8) is 0 Å². The van der Waals surface area contributed by atoms with E-state index in [1.807, 2.05) is 0 Å². The Kier molecular flexibility index (Phi) is 31.6. The summed E-state index contributed by atoms with van der Waals surface area (Å²) in [5.74, 6) is -1.03. The summed E-state index contributed by atoms with van der Waals surface area (Å²) in [7, 11) is -4.36. The number of hydrogen-bond donors (Lipinski definition) is 3. The molecule has 0 aliphatic heterocycles. The molecule has 6 nitrogen and oxygen atoms in total. The number of hydrogen-bond acceptors (Lipinski definition) is 4. The predicted molar refractivity (Wildman–Crippen MR) is 198 cm³/mol. The van der Waals surface area contributed by atoms with Crippen LogP contribution in [-0.4, -0.2) is 41.9 Å². The van der Waals surface area contributed by atoms with Crippen LogP contribution in [0.25, 0.3) is 0 Å². The fraction of sp³-hybridized carbons (Fsp3) is 0.718. The molecule has 2 atom stereocenters. The Morgan fingerprint density at radius 1 is 0.609 bits per heavy atom. The minimum Gasteiger partial charge on any atom is -0.387 e. The van der Waals surface area contributed by atoms with Crippen LogP contribution in [0.3, 0.4) is 0 Å². The highest BCUT2D eigenvalue weighted by Crippen LogP contribution is 2.12. The minimum absolute atomic E-state index is 0.266. The Morgan fingerprint density at radius 2 is 1.07 bits per heavy atom. The third-order valence-electron chi connectivity index (χ3n) is 7.93. The number of carbonyl (C=O) groups is 1. The van der Waals surface area contributed by atoms with E-state index in [1.54, 1.807) is 6.08 Å². The minimum atomic E-state index is -4.36. The summed E-state index contributed by atoms with van der Waals surface area (Å²) in [5, 5.41) is 13.1. The number of amides is 1. The molecule has 0 aromatic heterocycles. The maximum Gasteiger partial charge on any atom is 0.267 e. The molecule has 0 saturated heterocycles. The van der Waals surface area contributed by atoms with E-state index in [0.717, 1.165) is 64.2 Å². The number of allylic oxidation sites excluding steroid dienone is 9. The van der Waals surface area contributed by atoms with Crippen molar-refractivity contribution in [3.05, 3.63) is 60.8 Å². The Balaban J connectivity index is 4.08. The first kappa shape index (κ1) is 44.0. The largest absolute Gasteiger partial charge is 0.387 e. The van der Waals surface area contributed by atoms with Gasteiger partial charge in [-0.3, -0.25) is 9.35 Å². The molecule has 0 aliphatic rings. The number of aliphatic hydroxyl groups excluding tert-OH is 1. The molecule has 0 aliphatic carbocycles. The van der Waals surface area contributed by atoms with E-state index in [0.29, 0.717) is 12.8 Å². The molecular weight excluding hydrogens is 594 g/mol. The van der Waals surface area contributed by atoms with Crippen LogP contribution in [0.2, 0.25) is 0 Å². The third-order valence-corrected chi connectivity index (χ3v) is 8.71. The predicted octanol–water partition coefficient (Wildman–Crippen LogP) is 10.5. The van der Waals surface area contributed by atoms with Crippen LogP contribution in [0.15, 0.2) is 60.8 Å². The van der Waals surface area contributed by atoms with Crippen molar-refractivity contribution in [1.29, 1.82) is 0 Å². The lowest BCUT2D eigenvalue weighted by molar-refractivity contribution is -0.122. The molecule has 0 rings (SSSR count). The first-order chi connectivity index (χ1) is 22.3.